The van der Waals surface area contributed by atoms with Gasteiger partial charge >= 0.3 is 11.9 Å². The molecule has 0 spiro atoms. The second-order valence-electron chi connectivity index (χ2n) is 4.39. The van der Waals surface area contributed by atoms with E-state index in [1.807, 2.05) is 6.92 Å². The zero-order chi connectivity index (χ0) is 15.8. The largest absolute Gasteiger partial charge is 0.433 e. The Balaban J connectivity index is 2.66. The van der Waals surface area contributed by atoms with E-state index in [9.17, 15) is 20.0 Å². The average Bonchev–Trinajstić information content (AvgIpc) is 2.89. The minimum Gasteiger partial charge on any atom is -0.400 e. The number of urea groups is 1. The first-order valence-corrected chi connectivity index (χ1v) is 6.47. The minimum absolute atomic E-state index is 0.0470. The maximum atomic E-state index is 11.2. The quantitative estimate of drug-likeness (QED) is 0.425. The molecule has 1 rings (SSSR count). The van der Waals surface area contributed by atoms with Crippen molar-refractivity contribution < 1.29 is 19.2 Å². The zero-order valence-electron chi connectivity index (χ0n) is 11.6. The summed E-state index contributed by atoms with van der Waals surface area (Å²) in [6.45, 7) is 1.94. The Kier molecular flexibility index (Phi) is 6.34. The van der Waals surface area contributed by atoms with Crippen molar-refractivity contribution in [3.05, 3.63) is 28.0 Å². The Morgan fingerprint density at radius 2 is 2.38 bits per heavy atom. The van der Waals surface area contributed by atoms with Crippen molar-refractivity contribution in [1.82, 2.24) is 5.01 Å². The average molecular weight is 298 g/mol. The van der Waals surface area contributed by atoms with E-state index in [2.05, 4.69) is 5.10 Å². The van der Waals surface area contributed by atoms with E-state index in [0.717, 1.165) is 24.1 Å². The van der Waals surface area contributed by atoms with E-state index in [-0.39, 0.29) is 12.3 Å². The lowest BCUT2D eigenvalue weighted by Gasteiger charge is -2.18. The number of aliphatic hydroxyl groups is 1. The summed E-state index contributed by atoms with van der Waals surface area (Å²) in [6, 6.07) is 1.68. The number of carbonyl (C=O) groups excluding carboxylic acids is 1. The van der Waals surface area contributed by atoms with Crippen molar-refractivity contribution in [2.45, 2.75) is 32.3 Å². The number of unbranched alkanes of at least 4 members (excludes halogenated alkanes) is 1. The molecule has 21 heavy (non-hydrogen) atoms. The first-order chi connectivity index (χ1) is 9.93. The molecule has 0 bridgehead atoms. The normalized spacial score (nSPS) is 12.5. The van der Waals surface area contributed by atoms with Gasteiger partial charge in [-0.2, -0.15) is 5.10 Å². The van der Waals surface area contributed by atoms with Gasteiger partial charge in [-0.3, -0.25) is 10.1 Å². The van der Waals surface area contributed by atoms with Crippen LogP contribution in [0.5, 0.6) is 0 Å². The van der Waals surface area contributed by atoms with Crippen LogP contribution in [-0.2, 0) is 0 Å². The van der Waals surface area contributed by atoms with Gasteiger partial charge in [0.15, 0.2) is 5.76 Å². The number of nitrogens with two attached hydrogens (primary N) is 1. The molecule has 1 aromatic heterocycles. The summed E-state index contributed by atoms with van der Waals surface area (Å²) in [6.07, 6.45) is 2.67. The Labute approximate surface area is 121 Å². The van der Waals surface area contributed by atoms with Gasteiger partial charge in [0.1, 0.15) is 4.92 Å². The number of furan rings is 1. The number of hydrogen-bond acceptors (Lipinski definition) is 6. The van der Waals surface area contributed by atoms with Crippen LogP contribution in [0.1, 0.15) is 31.9 Å². The van der Waals surface area contributed by atoms with Gasteiger partial charge in [0, 0.05) is 0 Å². The summed E-state index contributed by atoms with van der Waals surface area (Å²) in [5.41, 5.74) is 5.15. The van der Waals surface area contributed by atoms with E-state index in [1.54, 1.807) is 0 Å². The van der Waals surface area contributed by atoms with Crippen LogP contribution in [0.4, 0.5) is 10.7 Å². The van der Waals surface area contributed by atoms with E-state index in [0.29, 0.717) is 6.42 Å². The molecule has 9 heteroatoms. The van der Waals surface area contributed by atoms with Gasteiger partial charge in [-0.25, -0.2) is 9.80 Å². The van der Waals surface area contributed by atoms with E-state index < -0.39 is 22.9 Å². The number of rotatable bonds is 8. The van der Waals surface area contributed by atoms with E-state index >= 15 is 0 Å². The van der Waals surface area contributed by atoms with E-state index in [4.69, 9.17) is 10.2 Å². The second kappa shape index (κ2) is 8.00. The zero-order valence-corrected chi connectivity index (χ0v) is 11.6. The van der Waals surface area contributed by atoms with Gasteiger partial charge in [-0.15, -0.1) is 0 Å². The minimum atomic E-state index is -0.831. The molecule has 1 heterocycles. The monoisotopic (exact) mass is 298 g/mol. The third-order valence-corrected chi connectivity index (χ3v) is 2.65. The molecule has 2 amide bonds. The van der Waals surface area contributed by atoms with Gasteiger partial charge in [0.05, 0.1) is 24.9 Å². The highest BCUT2D eigenvalue weighted by atomic mass is 16.6. The summed E-state index contributed by atoms with van der Waals surface area (Å²) in [5, 5.41) is 24.8. The van der Waals surface area contributed by atoms with Crippen LogP contribution in [0.2, 0.25) is 0 Å². The van der Waals surface area contributed by atoms with Crippen molar-refractivity contribution in [2.75, 3.05) is 6.54 Å². The van der Waals surface area contributed by atoms with Gasteiger partial charge in [0.2, 0.25) is 0 Å². The Morgan fingerprint density at radius 1 is 1.67 bits per heavy atom. The fraction of sp³-hybridized carbons (Fsp3) is 0.500. The number of nitrogens with zero attached hydrogens (tertiary/aromatic N) is 3. The SMILES string of the molecule is CCCC[C@H](O)CN(/N=C\c1ccc([N+](=O)[O-])o1)C(N)=O. The van der Waals surface area contributed by atoms with Crippen LogP contribution in [-0.4, -0.2) is 39.9 Å². The molecule has 0 radical (unpaired) electrons. The molecular weight excluding hydrogens is 280 g/mol. The predicted octanol–water partition coefficient (Wildman–Crippen LogP) is 1.45. The lowest BCUT2D eigenvalue weighted by atomic mass is 10.1. The molecule has 0 unspecified atom stereocenters. The van der Waals surface area contributed by atoms with Crippen LogP contribution in [0.25, 0.3) is 0 Å². The van der Waals surface area contributed by atoms with Crippen LogP contribution in [0.15, 0.2) is 21.7 Å². The summed E-state index contributed by atoms with van der Waals surface area (Å²) in [5.74, 6) is -0.318. The molecule has 1 atom stereocenters. The maximum Gasteiger partial charge on any atom is 0.433 e. The standard InChI is InChI=1S/C12H18N4O5/c1-2-3-4-9(17)8-15(12(13)18)14-7-10-5-6-11(21-10)16(19)20/h5-7,9,17H,2-4,8H2,1H3,(H2,13,18)/b14-7-/t9-/m0/s1. The van der Waals surface area contributed by atoms with E-state index in [1.165, 1.54) is 12.1 Å². The molecular formula is C12H18N4O5. The lowest BCUT2D eigenvalue weighted by Crippen LogP contribution is -2.37. The number of amides is 2. The van der Waals surface area contributed by atoms with Crippen molar-refractivity contribution in [3.63, 3.8) is 0 Å². The molecule has 0 aliphatic rings. The summed E-state index contributed by atoms with van der Waals surface area (Å²) in [4.78, 5) is 21.0. The first kappa shape index (κ1) is 16.6. The molecule has 116 valence electrons. The molecule has 0 saturated carbocycles. The number of hydrazone groups is 1. The van der Waals surface area contributed by atoms with Gasteiger partial charge in [-0.05, 0) is 12.5 Å². The molecule has 3 N–H and O–H groups in total. The molecule has 0 aliphatic heterocycles. The summed E-state index contributed by atoms with van der Waals surface area (Å²) < 4.78 is 4.86. The highest BCUT2D eigenvalue weighted by Gasteiger charge is 2.15. The molecule has 0 aromatic carbocycles. The topological polar surface area (TPSA) is 135 Å². The highest BCUT2D eigenvalue weighted by Crippen LogP contribution is 2.14. The van der Waals surface area contributed by atoms with Crippen molar-refractivity contribution >= 4 is 18.1 Å². The summed E-state index contributed by atoms with van der Waals surface area (Å²) >= 11 is 0. The van der Waals surface area contributed by atoms with Crippen molar-refractivity contribution in [1.29, 1.82) is 0 Å². The molecule has 0 aliphatic carbocycles. The van der Waals surface area contributed by atoms with Crippen molar-refractivity contribution in [2.24, 2.45) is 10.8 Å². The van der Waals surface area contributed by atoms with Gasteiger partial charge in [-0.1, -0.05) is 19.8 Å². The fourth-order valence-electron chi connectivity index (χ4n) is 1.56. The van der Waals surface area contributed by atoms with Crippen LogP contribution in [0.3, 0.4) is 0 Å². The van der Waals surface area contributed by atoms with Crippen LogP contribution < -0.4 is 5.73 Å². The maximum absolute atomic E-state index is 11.2. The Bertz CT molecular complexity index is 514. The fourth-order valence-corrected chi connectivity index (χ4v) is 1.56. The number of aliphatic hydroxyl groups excluding tert-OH is 1. The van der Waals surface area contributed by atoms with Gasteiger partial charge in [0.25, 0.3) is 0 Å². The number of hydrogen-bond donors (Lipinski definition) is 2. The Hall–Kier alpha value is -2.42. The van der Waals surface area contributed by atoms with Crippen LogP contribution in [0, 0.1) is 10.1 Å². The third-order valence-electron chi connectivity index (χ3n) is 2.65. The first-order valence-electron chi connectivity index (χ1n) is 6.47. The molecule has 0 saturated heterocycles. The van der Waals surface area contributed by atoms with Crippen molar-refractivity contribution in [3.8, 4) is 0 Å². The second-order valence-corrected chi connectivity index (χ2v) is 4.39. The molecule has 0 fully saturated rings. The Morgan fingerprint density at radius 3 is 2.90 bits per heavy atom. The summed E-state index contributed by atoms with van der Waals surface area (Å²) in [7, 11) is 0. The number of nitro groups is 1. The molecule has 1 aromatic rings. The predicted molar refractivity (Wildman–Crippen MR) is 74.8 cm³/mol. The number of primary amides is 1. The number of carbonyl (C=O) groups is 1. The third kappa shape index (κ3) is 5.61. The smallest absolute Gasteiger partial charge is 0.400 e. The van der Waals surface area contributed by atoms with Crippen LogP contribution >= 0.6 is 0 Å². The van der Waals surface area contributed by atoms with Gasteiger partial charge < -0.3 is 15.3 Å². The lowest BCUT2D eigenvalue weighted by molar-refractivity contribution is -0.402. The molecule has 9 nitrogen and oxygen atoms in total. The highest BCUT2D eigenvalue weighted by molar-refractivity contribution is 5.79.